The summed E-state index contributed by atoms with van der Waals surface area (Å²) in [7, 11) is 3.28. The molecule has 1 aromatic carbocycles. The number of hydrogen-bond acceptors (Lipinski definition) is 3. The van der Waals surface area contributed by atoms with Gasteiger partial charge in [0.15, 0.2) is 5.96 Å². The van der Waals surface area contributed by atoms with E-state index in [1.54, 1.807) is 0 Å². The number of rotatable bonds is 5. The first-order valence-electron chi connectivity index (χ1n) is 9.15. The van der Waals surface area contributed by atoms with Crippen molar-refractivity contribution in [3.63, 3.8) is 0 Å². The zero-order valence-electron chi connectivity index (χ0n) is 16.3. The number of nitrogens with zero attached hydrogens (tertiary/aromatic N) is 2. The van der Waals surface area contributed by atoms with Gasteiger partial charge in [0.1, 0.15) is 0 Å². The predicted octanol–water partition coefficient (Wildman–Crippen LogP) is 3.50. The van der Waals surface area contributed by atoms with Gasteiger partial charge < -0.3 is 15.0 Å². The van der Waals surface area contributed by atoms with E-state index < -0.39 is 0 Å². The maximum Gasteiger partial charge on any atom is 0.308 e. The molecule has 1 aromatic rings. The van der Waals surface area contributed by atoms with Gasteiger partial charge in [-0.2, -0.15) is 0 Å². The Morgan fingerprint density at radius 2 is 1.88 bits per heavy atom. The van der Waals surface area contributed by atoms with Crippen LogP contribution in [0.5, 0.6) is 0 Å². The van der Waals surface area contributed by atoms with Gasteiger partial charge in [0.25, 0.3) is 0 Å². The number of aliphatic imine (C=N–C) groups is 1. The Labute approximate surface area is 174 Å². The van der Waals surface area contributed by atoms with Crippen LogP contribution in [0.1, 0.15) is 38.2 Å². The number of carbonyl (C=O) groups excluding carboxylic acids is 1. The number of guanidine groups is 1. The molecule has 1 N–H and O–H groups in total. The Morgan fingerprint density at radius 3 is 2.38 bits per heavy atom. The highest BCUT2D eigenvalue weighted by Gasteiger charge is 2.27. The summed E-state index contributed by atoms with van der Waals surface area (Å²) >= 11 is 0. The molecule has 0 spiro atoms. The number of piperidine rings is 1. The van der Waals surface area contributed by atoms with E-state index in [-0.39, 0.29) is 35.9 Å². The summed E-state index contributed by atoms with van der Waals surface area (Å²) in [6.45, 7) is 7.02. The fourth-order valence-corrected chi connectivity index (χ4v) is 3.47. The number of likely N-dealkylation sites (tertiary alicyclic amines) is 1. The Kier molecular flexibility index (Phi) is 9.98. The van der Waals surface area contributed by atoms with E-state index >= 15 is 0 Å². The molecule has 1 unspecified atom stereocenters. The molecule has 0 bridgehead atoms. The standard InChI is InChI=1S/C20H31N3O2.HI/c1-15(2)18(16-8-6-5-7-9-16)14-22-20(21-3)23-12-10-17(11-13-23)19(24)25-4;/h5-9,15,17-18H,10-14H2,1-4H3,(H,21,22);1H. The second kappa shape index (κ2) is 11.4. The average molecular weight is 473 g/mol. The van der Waals surface area contributed by atoms with Gasteiger partial charge in [-0.05, 0) is 24.3 Å². The van der Waals surface area contributed by atoms with Crippen LogP contribution in [-0.2, 0) is 9.53 Å². The number of benzene rings is 1. The van der Waals surface area contributed by atoms with Crippen LogP contribution >= 0.6 is 24.0 Å². The molecule has 6 heteroatoms. The fraction of sp³-hybridized carbons (Fsp3) is 0.600. The fourth-order valence-electron chi connectivity index (χ4n) is 3.47. The van der Waals surface area contributed by atoms with Crippen molar-refractivity contribution in [1.29, 1.82) is 0 Å². The van der Waals surface area contributed by atoms with Crippen LogP contribution in [0.15, 0.2) is 35.3 Å². The van der Waals surface area contributed by atoms with E-state index in [2.05, 4.69) is 59.4 Å². The molecule has 1 heterocycles. The van der Waals surface area contributed by atoms with Gasteiger partial charge in [0.2, 0.25) is 0 Å². The summed E-state index contributed by atoms with van der Waals surface area (Å²) < 4.78 is 4.86. The first-order valence-corrected chi connectivity index (χ1v) is 9.15. The van der Waals surface area contributed by atoms with Crippen LogP contribution in [0.25, 0.3) is 0 Å². The Hall–Kier alpha value is -1.31. The molecule has 1 aliphatic rings. The lowest BCUT2D eigenvalue weighted by molar-refractivity contribution is -0.146. The van der Waals surface area contributed by atoms with Crippen molar-refractivity contribution in [3.8, 4) is 0 Å². The summed E-state index contributed by atoms with van der Waals surface area (Å²) in [5, 5.41) is 3.54. The zero-order chi connectivity index (χ0) is 18.2. The Balaban J connectivity index is 0.00000338. The van der Waals surface area contributed by atoms with Crippen molar-refractivity contribution in [1.82, 2.24) is 10.2 Å². The van der Waals surface area contributed by atoms with Crippen molar-refractivity contribution in [2.24, 2.45) is 16.8 Å². The van der Waals surface area contributed by atoms with Crippen LogP contribution in [-0.4, -0.2) is 50.6 Å². The molecule has 0 saturated carbocycles. The number of esters is 1. The normalized spacial score (nSPS) is 16.8. The number of ether oxygens (including phenoxy) is 1. The quantitative estimate of drug-likeness (QED) is 0.308. The molecular formula is C20H32IN3O2. The molecule has 1 saturated heterocycles. The molecule has 1 fully saturated rings. The lowest BCUT2D eigenvalue weighted by atomic mass is 9.88. The van der Waals surface area contributed by atoms with Gasteiger partial charge in [0.05, 0.1) is 13.0 Å². The summed E-state index contributed by atoms with van der Waals surface area (Å²) in [6, 6.07) is 10.6. The molecule has 2 rings (SSSR count). The maximum atomic E-state index is 11.7. The summed E-state index contributed by atoms with van der Waals surface area (Å²) in [5.74, 6) is 1.83. The third-order valence-electron chi connectivity index (χ3n) is 5.05. The highest BCUT2D eigenvalue weighted by Crippen LogP contribution is 2.24. The number of hydrogen-bond donors (Lipinski definition) is 1. The highest BCUT2D eigenvalue weighted by molar-refractivity contribution is 14.0. The lowest BCUT2D eigenvalue weighted by Crippen LogP contribution is -2.47. The van der Waals surface area contributed by atoms with E-state index in [1.807, 2.05) is 7.05 Å². The molecule has 1 atom stereocenters. The third-order valence-corrected chi connectivity index (χ3v) is 5.05. The van der Waals surface area contributed by atoms with Gasteiger partial charge in [-0.25, -0.2) is 0 Å². The molecule has 26 heavy (non-hydrogen) atoms. The van der Waals surface area contributed by atoms with E-state index in [0.717, 1.165) is 38.4 Å². The molecule has 1 aliphatic heterocycles. The lowest BCUT2D eigenvalue weighted by Gasteiger charge is -2.34. The second-order valence-corrected chi connectivity index (χ2v) is 6.97. The average Bonchev–Trinajstić information content (AvgIpc) is 2.65. The Morgan fingerprint density at radius 1 is 1.27 bits per heavy atom. The van der Waals surface area contributed by atoms with Crippen LogP contribution < -0.4 is 5.32 Å². The van der Waals surface area contributed by atoms with Crippen molar-refractivity contribution in [2.45, 2.75) is 32.6 Å². The van der Waals surface area contributed by atoms with Crippen molar-refractivity contribution in [2.75, 3.05) is 33.8 Å². The van der Waals surface area contributed by atoms with Gasteiger partial charge in [-0.1, -0.05) is 44.2 Å². The third kappa shape index (κ3) is 6.14. The molecule has 0 aliphatic carbocycles. The second-order valence-electron chi connectivity index (χ2n) is 6.97. The van der Waals surface area contributed by atoms with Crippen LogP contribution in [0, 0.1) is 11.8 Å². The minimum atomic E-state index is -0.0912. The number of methoxy groups -OCH3 is 1. The molecule has 0 radical (unpaired) electrons. The zero-order valence-corrected chi connectivity index (χ0v) is 18.6. The molecule has 5 nitrogen and oxygen atoms in total. The van der Waals surface area contributed by atoms with Crippen molar-refractivity contribution in [3.05, 3.63) is 35.9 Å². The highest BCUT2D eigenvalue weighted by atomic mass is 127. The predicted molar refractivity (Wildman–Crippen MR) is 117 cm³/mol. The van der Waals surface area contributed by atoms with Gasteiger partial charge >= 0.3 is 5.97 Å². The molecule has 0 amide bonds. The van der Waals surface area contributed by atoms with E-state index in [4.69, 9.17) is 4.74 Å². The SMILES string of the molecule is CN=C(NCC(c1ccccc1)C(C)C)N1CCC(C(=O)OC)CC1.I. The van der Waals surface area contributed by atoms with Crippen LogP contribution in [0.2, 0.25) is 0 Å². The molecule has 0 aromatic heterocycles. The van der Waals surface area contributed by atoms with E-state index in [0.29, 0.717) is 11.8 Å². The number of carbonyl (C=O) groups is 1. The van der Waals surface area contributed by atoms with Gasteiger partial charge in [0, 0.05) is 32.6 Å². The molecule has 146 valence electrons. The summed E-state index contributed by atoms with van der Waals surface area (Å²) in [5.41, 5.74) is 1.35. The minimum absolute atomic E-state index is 0. The summed E-state index contributed by atoms with van der Waals surface area (Å²) in [4.78, 5) is 18.4. The number of nitrogens with one attached hydrogen (secondary N) is 1. The topological polar surface area (TPSA) is 53.9 Å². The van der Waals surface area contributed by atoms with Crippen molar-refractivity contribution < 1.29 is 9.53 Å². The van der Waals surface area contributed by atoms with Crippen molar-refractivity contribution >= 4 is 35.9 Å². The van der Waals surface area contributed by atoms with Crippen LogP contribution in [0.3, 0.4) is 0 Å². The van der Waals surface area contributed by atoms with Gasteiger partial charge in [-0.15, -0.1) is 24.0 Å². The van der Waals surface area contributed by atoms with Crippen LogP contribution in [0.4, 0.5) is 0 Å². The minimum Gasteiger partial charge on any atom is -0.469 e. The maximum absolute atomic E-state index is 11.7. The first-order chi connectivity index (χ1) is 12.1. The monoisotopic (exact) mass is 473 g/mol. The van der Waals surface area contributed by atoms with E-state index in [1.165, 1.54) is 12.7 Å². The number of halogens is 1. The van der Waals surface area contributed by atoms with Gasteiger partial charge in [-0.3, -0.25) is 9.79 Å². The Bertz CT molecular complexity index is 570. The molecular weight excluding hydrogens is 441 g/mol. The smallest absolute Gasteiger partial charge is 0.308 e. The summed E-state index contributed by atoms with van der Waals surface area (Å²) in [6.07, 6.45) is 1.64. The largest absolute Gasteiger partial charge is 0.469 e. The van der Waals surface area contributed by atoms with E-state index in [9.17, 15) is 4.79 Å². The first kappa shape index (κ1) is 22.7.